The zero-order valence-corrected chi connectivity index (χ0v) is 10.4. The van der Waals surface area contributed by atoms with Crippen molar-refractivity contribution >= 4 is 10.0 Å². The first kappa shape index (κ1) is 13.9. The van der Waals surface area contributed by atoms with Gasteiger partial charge in [0.1, 0.15) is 0 Å². The number of hydrogen-bond acceptors (Lipinski definition) is 3. The van der Waals surface area contributed by atoms with Crippen LogP contribution < -0.4 is 0 Å². The molecule has 6 heteroatoms. The van der Waals surface area contributed by atoms with Gasteiger partial charge in [-0.2, -0.15) is 4.31 Å². The van der Waals surface area contributed by atoms with Crippen molar-refractivity contribution in [1.29, 1.82) is 0 Å². The van der Waals surface area contributed by atoms with E-state index < -0.39 is 22.8 Å². The number of nitrogens with zero attached hydrogens (tertiary/aromatic N) is 1. The number of rotatable bonds is 5. The van der Waals surface area contributed by atoms with E-state index in [-0.39, 0.29) is 18.2 Å². The van der Waals surface area contributed by atoms with E-state index in [0.29, 0.717) is 13.0 Å². The quantitative estimate of drug-likeness (QED) is 0.792. The van der Waals surface area contributed by atoms with E-state index in [9.17, 15) is 17.9 Å². The van der Waals surface area contributed by atoms with Crippen molar-refractivity contribution in [2.24, 2.45) is 0 Å². The summed E-state index contributed by atoms with van der Waals surface area (Å²) in [6, 6.07) is -0.335. The van der Waals surface area contributed by atoms with Gasteiger partial charge in [0.05, 0.1) is 24.6 Å². The zero-order chi connectivity index (χ0) is 12.2. The van der Waals surface area contributed by atoms with E-state index in [1.807, 2.05) is 0 Å². The summed E-state index contributed by atoms with van der Waals surface area (Å²) >= 11 is 0. The summed E-state index contributed by atoms with van der Waals surface area (Å²) in [5.74, 6) is -0.160. The summed E-state index contributed by atoms with van der Waals surface area (Å²) in [4.78, 5) is 0. The van der Waals surface area contributed by atoms with Gasteiger partial charge in [-0.25, -0.2) is 8.42 Å². The Labute approximate surface area is 96.5 Å². The summed E-state index contributed by atoms with van der Waals surface area (Å²) < 4.78 is 37.2. The molecular formula is C10H20FNO3S. The Balaban J connectivity index is 2.74. The molecule has 0 aliphatic carbocycles. The Bertz CT molecular complexity index is 305. The molecule has 0 aromatic rings. The highest BCUT2D eigenvalue weighted by Gasteiger charge is 2.34. The van der Waals surface area contributed by atoms with Gasteiger partial charge in [0.2, 0.25) is 10.0 Å². The number of piperidine rings is 1. The molecule has 1 saturated heterocycles. The first-order chi connectivity index (χ1) is 7.49. The predicted molar refractivity (Wildman–Crippen MR) is 60.4 cm³/mol. The van der Waals surface area contributed by atoms with Gasteiger partial charge in [-0.3, -0.25) is 4.39 Å². The number of alkyl halides is 1. The maximum atomic E-state index is 12.0. The summed E-state index contributed by atoms with van der Waals surface area (Å²) in [5.41, 5.74) is 0. The normalized spacial score (nSPS) is 25.6. The fraction of sp³-hybridized carbons (Fsp3) is 1.00. The molecule has 2 atom stereocenters. The zero-order valence-electron chi connectivity index (χ0n) is 9.60. The molecule has 0 amide bonds. The second-order valence-electron chi connectivity index (χ2n) is 4.27. The highest BCUT2D eigenvalue weighted by Crippen LogP contribution is 2.23. The average Bonchev–Trinajstić information content (AvgIpc) is 2.26. The van der Waals surface area contributed by atoms with Crippen LogP contribution in [0.4, 0.5) is 4.39 Å². The first-order valence-corrected chi connectivity index (χ1v) is 7.33. The Hall–Kier alpha value is -0.200. The molecule has 2 unspecified atom stereocenters. The fourth-order valence-electron chi connectivity index (χ4n) is 2.11. The van der Waals surface area contributed by atoms with Crippen molar-refractivity contribution < 1.29 is 17.9 Å². The molecule has 0 radical (unpaired) electrons. The predicted octanol–water partition coefficient (Wildman–Crippen LogP) is 0.911. The SMILES string of the molecule is CC(O)C1CCCCN1S(=O)(=O)CCCF. The minimum atomic E-state index is -3.41. The van der Waals surface area contributed by atoms with Crippen LogP contribution in [-0.2, 0) is 10.0 Å². The number of halogens is 1. The highest BCUT2D eigenvalue weighted by molar-refractivity contribution is 7.89. The first-order valence-electron chi connectivity index (χ1n) is 5.72. The molecule has 0 bridgehead atoms. The minimum Gasteiger partial charge on any atom is -0.392 e. The van der Waals surface area contributed by atoms with Crippen molar-refractivity contribution in [3.63, 3.8) is 0 Å². The van der Waals surface area contributed by atoms with E-state index in [2.05, 4.69) is 0 Å². The highest BCUT2D eigenvalue weighted by atomic mass is 32.2. The van der Waals surface area contributed by atoms with E-state index in [0.717, 1.165) is 12.8 Å². The Kier molecular flexibility index (Phi) is 5.14. The number of aliphatic hydroxyl groups is 1. The van der Waals surface area contributed by atoms with Crippen molar-refractivity contribution in [2.45, 2.75) is 44.8 Å². The molecule has 0 saturated carbocycles. The largest absolute Gasteiger partial charge is 0.392 e. The minimum absolute atomic E-state index is 0.0331. The van der Waals surface area contributed by atoms with Crippen LogP contribution in [0.1, 0.15) is 32.6 Å². The number of aliphatic hydroxyl groups excluding tert-OH is 1. The van der Waals surface area contributed by atoms with Crippen LogP contribution in [0.2, 0.25) is 0 Å². The summed E-state index contributed by atoms with van der Waals surface area (Å²) in [6.45, 7) is 1.43. The van der Waals surface area contributed by atoms with Gasteiger partial charge >= 0.3 is 0 Å². The van der Waals surface area contributed by atoms with Crippen LogP contribution in [0.3, 0.4) is 0 Å². The lowest BCUT2D eigenvalue weighted by Gasteiger charge is -2.36. The topological polar surface area (TPSA) is 57.6 Å². The molecule has 1 N–H and O–H groups in total. The third-order valence-corrected chi connectivity index (χ3v) is 4.92. The molecule has 0 aromatic heterocycles. The van der Waals surface area contributed by atoms with Crippen LogP contribution in [0.15, 0.2) is 0 Å². The molecule has 1 fully saturated rings. The lowest BCUT2D eigenvalue weighted by atomic mass is 10.0. The molecule has 0 spiro atoms. The van der Waals surface area contributed by atoms with Crippen molar-refractivity contribution in [1.82, 2.24) is 4.31 Å². The van der Waals surface area contributed by atoms with Crippen molar-refractivity contribution in [3.8, 4) is 0 Å². The number of hydrogen-bond donors (Lipinski definition) is 1. The average molecular weight is 253 g/mol. The van der Waals surface area contributed by atoms with Crippen molar-refractivity contribution in [3.05, 3.63) is 0 Å². The molecule has 16 heavy (non-hydrogen) atoms. The van der Waals surface area contributed by atoms with Crippen molar-refractivity contribution in [2.75, 3.05) is 19.0 Å². The van der Waals surface area contributed by atoms with Gasteiger partial charge in [-0.1, -0.05) is 6.42 Å². The van der Waals surface area contributed by atoms with Crippen LogP contribution in [0.5, 0.6) is 0 Å². The third kappa shape index (κ3) is 3.40. The standard InChI is InChI=1S/C10H20FNO3S/c1-9(13)10-5-2-3-7-12(10)16(14,15)8-4-6-11/h9-10,13H,2-8H2,1H3. The van der Waals surface area contributed by atoms with Crippen LogP contribution in [0.25, 0.3) is 0 Å². The molecular weight excluding hydrogens is 233 g/mol. The van der Waals surface area contributed by atoms with Gasteiger partial charge in [0, 0.05) is 6.54 Å². The van der Waals surface area contributed by atoms with E-state index >= 15 is 0 Å². The Morgan fingerprint density at radius 1 is 1.50 bits per heavy atom. The van der Waals surface area contributed by atoms with Gasteiger partial charge in [-0.15, -0.1) is 0 Å². The molecule has 1 aliphatic rings. The lowest BCUT2D eigenvalue weighted by molar-refractivity contribution is 0.0831. The molecule has 96 valence electrons. The van der Waals surface area contributed by atoms with E-state index in [4.69, 9.17) is 0 Å². The fourth-order valence-corrected chi connectivity index (χ4v) is 3.92. The second-order valence-corrected chi connectivity index (χ2v) is 6.31. The molecule has 0 aromatic carbocycles. The van der Waals surface area contributed by atoms with Crippen LogP contribution >= 0.6 is 0 Å². The summed E-state index contributed by atoms with van der Waals surface area (Å²) in [5, 5.41) is 9.56. The summed E-state index contributed by atoms with van der Waals surface area (Å²) in [6.07, 6.45) is 1.81. The van der Waals surface area contributed by atoms with Crippen LogP contribution in [0, 0.1) is 0 Å². The van der Waals surface area contributed by atoms with Gasteiger partial charge in [-0.05, 0) is 26.2 Å². The lowest BCUT2D eigenvalue weighted by Crippen LogP contribution is -2.49. The smallest absolute Gasteiger partial charge is 0.214 e. The molecule has 4 nitrogen and oxygen atoms in total. The van der Waals surface area contributed by atoms with Crippen LogP contribution in [-0.4, -0.2) is 48.9 Å². The van der Waals surface area contributed by atoms with E-state index in [1.165, 1.54) is 4.31 Å². The maximum Gasteiger partial charge on any atom is 0.214 e. The van der Waals surface area contributed by atoms with Gasteiger partial charge in [0.25, 0.3) is 0 Å². The maximum absolute atomic E-state index is 12.0. The molecule has 1 aliphatic heterocycles. The third-order valence-electron chi connectivity index (χ3n) is 2.95. The Morgan fingerprint density at radius 2 is 2.19 bits per heavy atom. The monoisotopic (exact) mass is 253 g/mol. The second kappa shape index (κ2) is 5.93. The Morgan fingerprint density at radius 3 is 2.75 bits per heavy atom. The summed E-state index contributed by atoms with van der Waals surface area (Å²) in [7, 11) is -3.41. The number of sulfonamides is 1. The van der Waals surface area contributed by atoms with E-state index in [1.54, 1.807) is 6.92 Å². The molecule has 1 rings (SSSR count). The molecule has 1 heterocycles. The van der Waals surface area contributed by atoms with Gasteiger partial charge in [0.15, 0.2) is 0 Å². The van der Waals surface area contributed by atoms with Gasteiger partial charge < -0.3 is 5.11 Å².